The highest BCUT2D eigenvalue weighted by Gasteiger charge is 2.33. The Kier molecular flexibility index (Phi) is 2.35. The second-order valence-electron chi connectivity index (χ2n) is 2.11. The molecule has 1 fully saturated rings. The average molecular weight is 150 g/mol. The molecule has 0 saturated carbocycles. The summed E-state index contributed by atoms with van der Waals surface area (Å²) in [6, 6.07) is 0. The van der Waals surface area contributed by atoms with E-state index in [0.717, 1.165) is 0 Å². The second-order valence-corrected chi connectivity index (χ2v) is 3.38. The maximum Gasteiger partial charge on any atom is 0.0947 e. The first kappa shape index (κ1) is 7.34. The van der Waals surface area contributed by atoms with Gasteiger partial charge >= 0.3 is 0 Å². The first-order valence-corrected chi connectivity index (χ1v) is 3.89. The molecule has 0 spiro atoms. The lowest BCUT2D eigenvalue weighted by molar-refractivity contribution is 0.0326. The Morgan fingerprint density at radius 2 is 2.11 bits per heavy atom. The largest absolute Gasteiger partial charge is 0.395 e. The Hall–Kier alpha value is 0.230. The van der Waals surface area contributed by atoms with Crippen LogP contribution in [0.15, 0.2) is 0 Å². The SMILES string of the molecule is OC[C@H]1SC[C@H](O)C1O. The summed E-state index contributed by atoms with van der Waals surface area (Å²) >= 11 is 1.41. The van der Waals surface area contributed by atoms with Crippen molar-refractivity contribution < 1.29 is 15.3 Å². The molecule has 1 saturated heterocycles. The highest BCUT2D eigenvalue weighted by molar-refractivity contribution is 8.00. The zero-order chi connectivity index (χ0) is 6.85. The van der Waals surface area contributed by atoms with Crippen molar-refractivity contribution in [2.75, 3.05) is 12.4 Å². The molecule has 0 bridgehead atoms. The van der Waals surface area contributed by atoms with Crippen molar-refractivity contribution in [3.63, 3.8) is 0 Å². The summed E-state index contributed by atoms with van der Waals surface area (Å²) in [7, 11) is 0. The zero-order valence-electron chi connectivity index (χ0n) is 4.90. The molecular formula is C5H10O3S. The molecule has 1 aliphatic rings. The molecule has 3 N–H and O–H groups in total. The molecule has 1 rings (SSSR count). The predicted octanol–water partition coefficient (Wildman–Crippen LogP) is -1.18. The topological polar surface area (TPSA) is 60.7 Å². The van der Waals surface area contributed by atoms with Crippen molar-refractivity contribution in [2.24, 2.45) is 0 Å². The summed E-state index contributed by atoms with van der Waals surface area (Å²) in [6.07, 6.45) is -1.38. The fourth-order valence-corrected chi connectivity index (χ4v) is 1.95. The van der Waals surface area contributed by atoms with Crippen molar-refractivity contribution in [1.82, 2.24) is 0 Å². The lowest BCUT2D eigenvalue weighted by Gasteiger charge is -2.11. The van der Waals surface area contributed by atoms with Gasteiger partial charge in [0.25, 0.3) is 0 Å². The lowest BCUT2D eigenvalue weighted by Crippen LogP contribution is -2.30. The first-order valence-electron chi connectivity index (χ1n) is 2.84. The van der Waals surface area contributed by atoms with Crippen LogP contribution in [0.1, 0.15) is 0 Å². The van der Waals surface area contributed by atoms with E-state index in [1.165, 1.54) is 11.8 Å². The smallest absolute Gasteiger partial charge is 0.0947 e. The molecule has 9 heavy (non-hydrogen) atoms. The third-order valence-corrected chi connectivity index (χ3v) is 2.83. The number of hydrogen-bond donors (Lipinski definition) is 3. The van der Waals surface area contributed by atoms with Gasteiger partial charge in [0, 0.05) is 5.75 Å². The van der Waals surface area contributed by atoms with Crippen molar-refractivity contribution >= 4 is 11.8 Å². The van der Waals surface area contributed by atoms with E-state index in [2.05, 4.69) is 0 Å². The van der Waals surface area contributed by atoms with Crippen molar-refractivity contribution in [3.05, 3.63) is 0 Å². The Morgan fingerprint density at radius 1 is 1.44 bits per heavy atom. The van der Waals surface area contributed by atoms with E-state index in [0.29, 0.717) is 5.75 Å². The van der Waals surface area contributed by atoms with E-state index in [1.807, 2.05) is 0 Å². The quantitative estimate of drug-likeness (QED) is 0.440. The number of thioether (sulfide) groups is 1. The minimum absolute atomic E-state index is 0.0527. The second kappa shape index (κ2) is 2.88. The van der Waals surface area contributed by atoms with E-state index in [9.17, 15) is 0 Å². The molecule has 0 aliphatic carbocycles. The summed E-state index contributed by atoms with van der Waals surface area (Å²) in [4.78, 5) is 0. The summed E-state index contributed by atoms with van der Waals surface area (Å²) in [5.74, 6) is 0.534. The van der Waals surface area contributed by atoms with E-state index in [4.69, 9.17) is 15.3 Å². The molecule has 4 heteroatoms. The molecule has 54 valence electrons. The molecular weight excluding hydrogens is 140 g/mol. The van der Waals surface area contributed by atoms with Crippen LogP contribution in [0.4, 0.5) is 0 Å². The Bertz CT molecular complexity index is 98.2. The standard InChI is InChI=1S/C5H10O3S/c6-1-4-5(8)3(7)2-9-4/h3-8H,1-2H2/t3-,4+,5?/m0/s1. The molecule has 0 aromatic heterocycles. The first-order chi connectivity index (χ1) is 4.25. The summed E-state index contributed by atoms with van der Waals surface area (Å²) < 4.78 is 0. The van der Waals surface area contributed by atoms with Crippen LogP contribution in [0.3, 0.4) is 0 Å². The van der Waals surface area contributed by atoms with Gasteiger partial charge in [0.1, 0.15) is 0 Å². The molecule has 3 atom stereocenters. The van der Waals surface area contributed by atoms with Gasteiger partial charge in [-0.1, -0.05) is 0 Å². The van der Waals surface area contributed by atoms with Crippen LogP contribution < -0.4 is 0 Å². The third kappa shape index (κ3) is 1.38. The van der Waals surface area contributed by atoms with Crippen LogP contribution in [0.5, 0.6) is 0 Å². The molecule has 0 amide bonds. The van der Waals surface area contributed by atoms with Crippen LogP contribution in [-0.4, -0.2) is 45.1 Å². The van der Waals surface area contributed by atoms with Crippen molar-refractivity contribution in [1.29, 1.82) is 0 Å². The summed E-state index contributed by atoms with van der Waals surface area (Å²) in [5.41, 5.74) is 0. The van der Waals surface area contributed by atoms with Gasteiger partial charge in [0.05, 0.1) is 24.1 Å². The lowest BCUT2D eigenvalue weighted by atomic mass is 10.2. The molecule has 3 nitrogen and oxygen atoms in total. The maximum absolute atomic E-state index is 9.03. The number of aliphatic hydroxyl groups excluding tert-OH is 3. The van der Waals surface area contributed by atoms with E-state index in [1.54, 1.807) is 0 Å². The minimum Gasteiger partial charge on any atom is -0.395 e. The average Bonchev–Trinajstić information content (AvgIpc) is 2.15. The van der Waals surface area contributed by atoms with Crippen LogP contribution >= 0.6 is 11.8 Å². The van der Waals surface area contributed by atoms with Gasteiger partial charge in [0.15, 0.2) is 0 Å². The molecule has 1 unspecified atom stereocenters. The van der Waals surface area contributed by atoms with Gasteiger partial charge < -0.3 is 15.3 Å². The van der Waals surface area contributed by atoms with E-state index < -0.39 is 12.2 Å². The fraction of sp³-hybridized carbons (Fsp3) is 1.00. The Labute approximate surface area is 57.7 Å². The van der Waals surface area contributed by atoms with Gasteiger partial charge in [-0.25, -0.2) is 0 Å². The Balaban J connectivity index is 2.41. The van der Waals surface area contributed by atoms with Crippen LogP contribution in [-0.2, 0) is 0 Å². The van der Waals surface area contributed by atoms with Crippen molar-refractivity contribution in [3.8, 4) is 0 Å². The highest BCUT2D eigenvalue weighted by atomic mass is 32.2. The monoisotopic (exact) mass is 150 g/mol. The van der Waals surface area contributed by atoms with Crippen LogP contribution in [0.2, 0.25) is 0 Å². The van der Waals surface area contributed by atoms with Gasteiger partial charge in [0.2, 0.25) is 0 Å². The number of aliphatic hydroxyl groups is 3. The number of hydrogen-bond acceptors (Lipinski definition) is 4. The molecule has 0 radical (unpaired) electrons. The van der Waals surface area contributed by atoms with E-state index >= 15 is 0 Å². The minimum atomic E-state index is -0.736. The van der Waals surface area contributed by atoms with Gasteiger partial charge in [-0.15, -0.1) is 0 Å². The maximum atomic E-state index is 9.03. The fourth-order valence-electron chi connectivity index (χ4n) is 0.828. The van der Waals surface area contributed by atoms with Gasteiger partial charge in [-0.3, -0.25) is 0 Å². The van der Waals surface area contributed by atoms with Crippen LogP contribution in [0.25, 0.3) is 0 Å². The number of rotatable bonds is 1. The third-order valence-electron chi connectivity index (χ3n) is 1.44. The normalized spacial score (nSPS) is 43.7. The molecule has 1 heterocycles. The van der Waals surface area contributed by atoms with E-state index in [-0.39, 0.29) is 11.9 Å². The molecule has 0 aromatic carbocycles. The highest BCUT2D eigenvalue weighted by Crippen LogP contribution is 2.26. The van der Waals surface area contributed by atoms with Gasteiger partial charge in [-0.2, -0.15) is 11.8 Å². The van der Waals surface area contributed by atoms with Gasteiger partial charge in [-0.05, 0) is 0 Å². The zero-order valence-corrected chi connectivity index (χ0v) is 5.71. The summed E-state index contributed by atoms with van der Waals surface area (Å²) in [5, 5.41) is 26.3. The van der Waals surface area contributed by atoms with Crippen molar-refractivity contribution in [2.45, 2.75) is 17.5 Å². The summed E-state index contributed by atoms with van der Waals surface area (Å²) in [6.45, 7) is -0.0527. The van der Waals surface area contributed by atoms with Crippen LogP contribution in [0, 0.1) is 0 Å². The predicted molar refractivity (Wildman–Crippen MR) is 35.3 cm³/mol. The Morgan fingerprint density at radius 3 is 2.33 bits per heavy atom. The molecule has 0 aromatic rings. The molecule has 1 aliphatic heterocycles.